The molecule has 2 aromatic heterocycles. The van der Waals surface area contributed by atoms with Gasteiger partial charge in [-0.1, -0.05) is 6.07 Å². The van der Waals surface area contributed by atoms with Crippen LogP contribution in [0.2, 0.25) is 0 Å². The minimum atomic E-state index is -0.240. The van der Waals surface area contributed by atoms with Crippen molar-refractivity contribution in [2.75, 3.05) is 23.7 Å². The molecule has 26 heavy (non-hydrogen) atoms. The number of aromatic amines is 1. The molecule has 7 nitrogen and oxygen atoms in total. The van der Waals surface area contributed by atoms with Gasteiger partial charge in [0, 0.05) is 37.3 Å². The Morgan fingerprint density at radius 3 is 2.65 bits per heavy atom. The number of nitrogens with one attached hydrogen (secondary N) is 1. The molecule has 0 amide bonds. The lowest BCUT2D eigenvalue weighted by Gasteiger charge is -2.28. The van der Waals surface area contributed by atoms with E-state index in [0.717, 1.165) is 35.3 Å². The number of carbonyl (C=O) groups excluding carboxylic acids is 1. The Hall–Kier alpha value is -3.35. The van der Waals surface area contributed by atoms with Gasteiger partial charge in [0.25, 0.3) is 5.56 Å². The molecule has 0 radical (unpaired) electrons. The molecule has 130 valence electrons. The van der Waals surface area contributed by atoms with Crippen LogP contribution < -0.4 is 16.2 Å². The first kappa shape index (κ1) is 14.9. The van der Waals surface area contributed by atoms with Crippen LogP contribution in [0.3, 0.4) is 0 Å². The lowest BCUT2D eigenvalue weighted by molar-refractivity contribution is -0.119. The van der Waals surface area contributed by atoms with Gasteiger partial charge in [0.15, 0.2) is 0 Å². The molecule has 0 unspecified atom stereocenters. The van der Waals surface area contributed by atoms with Crippen molar-refractivity contribution < 1.29 is 4.79 Å². The maximum atomic E-state index is 12.4. The van der Waals surface area contributed by atoms with E-state index in [1.807, 2.05) is 34.7 Å². The van der Waals surface area contributed by atoms with E-state index in [0.29, 0.717) is 35.5 Å². The second-order valence-corrected chi connectivity index (χ2v) is 6.67. The average Bonchev–Trinajstić information content (AvgIpc) is 2.99. The Kier molecular flexibility index (Phi) is 3.06. The van der Waals surface area contributed by atoms with Crippen LogP contribution in [0, 0.1) is 0 Å². The van der Waals surface area contributed by atoms with Crippen molar-refractivity contribution in [2.24, 2.45) is 0 Å². The molecule has 7 heteroatoms. The third-order valence-electron chi connectivity index (χ3n) is 5.09. The maximum absolute atomic E-state index is 12.4. The van der Waals surface area contributed by atoms with Crippen LogP contribution in [0.4, 0.5) is 11.4 Å². The number of anilines is 2. The van der Waals surface area contributed by atoms with Gasteiger partial charge in [0.2, 0.25) is 5.78 Å². The molecule has 1 fully saturated rings. The zero-order chi connectivity index (χ0) is 17.8. The molecule has 0 atom stereocenters. The summed E-state index contributed by atoms with van der Waals surface area (Å²) in [7, 11) is 0. The molecule has 1 aliphatic rings. The van der Waals surface area contributed by atoms with E-state index >= 15 is 0 Å². The SMILES string of the molecule is Nc1cccc2c1c(=O)[nH]c1nc3cc(N4CCC(=O)CC4)ccc3n12. The summed E-state index contributed by atoms with van der Waals surface area (Å²) in [5.74, 6) is 0.811. The predicted molar refractivity (Wildman–Crippen MR) is 102 cm³/mol. The fourth-order valence-electron chi connectivity index (χ4n) is 3.76. The number of fused-ring (bicyclic) bond motifs is 5. The first-order valence-corrected chi connectivity index (χ1v) is 8.61. The van der Waals surface area contributed by atoms with Crippen LogP contribution >= 0.6 is 0 Å². The fraction of sp³-hybridized carbons (Fsp3) is 0.211. The van der Waals surface area contributed by atoms with Crippen molar-refractivity contribution in [2.45, 2.75) is 12.8 Å². The van der Waals surface area contributed by atoms with E-state index in [1.165, 1.54) is 0 Å². The van der Waals surface area contributed by atoms with Crippen LogP contribution in [-0.2, 0) is 4.79 Å². The van der Waals surface area contributed by atoms with E-state index in [-0.39, 0.29) is 5.56 Å². The highest BCUT2D eigenvalue weighted by Gasteiger charge is 2.18. The molecule has 3 heterocycles. The van der Waals surface area contributed by atoms with Crippen LogP contribution in [0.15, 0.2) is 41.2 Å². The molecule has 3 N–H and O–H groups in total. The number of piperidine rings is 1. The largest absolute Gasteiger partial charge is 0.398 e. The summed E-state index contributed by atoms with van der Waals surface area (Å²) in [6.07, 6.45) is 1.17. The van der Waals surface area contributed by atoms with E-state index in [2.05, 4.69) is 14.9 Å². The van der Waals surface area contributed by atoms with E-state index < -0.39 is 0 Å². The smallest absolute Gasteiger partial charge is 0.262 e. The molecule has 0 spiro atoms. The minimum absolute atomic E-state index is 0.240. The first-order chi connectivity index (χ1) is 12.6. The Labute approximate surface area is 148 Å². The van der Waals surface area contributed by atoms with Crippen LogP contribution in [0.25, 0.3) is 27.7 Å². The van der Waals surface area contributed by atoms with Crippen molar-refractivity contribution in [3.63, 3.8) is 0 Å². The van der Waals surface area contributed by atoms with Crippen molar-refractivity contribution in [3.8, 4) is 0 Å². The molecular weight excluding hydrogens is 330 g/mol. The highest BCUT2D eigenvalue weighted by Crippen LogP contribution is 2.27. The molecule has 2 aromatic carbocycles. The first-order valence-electron chi connectivity index (χ1n) is 8.61. The summed E-state index contributed by atoms with van der Waals surface area (Å²) in [6, 6.07) is 11.5. The second-order valence-electron chi connectivity index (χ2n) is 6.67. The Balaban J connectivity index is 1.75. The lowest BCUT2D eigenvalue weighted by atomic mass is 10.1. The van der Waals surface area contributed by atoms with Crippen molar-refractivity contribution in [3.05, 3.63) is 46.8 Å². The molecule has 0 saturated carbocycles. The Morgan fingerprint density at radius 1 is 1.04 bits per heavy atom. The van der Waals surface area contributed by atoms with Crippen molar-refractivity contribution >= 4 is 44.9 Å². The van der Waals surface area contributed by atoms with Gasteiger partial charge in [-0.25, -0.2) is 4.98 Å². The van der Waals surface area contributed by atoms with Gasteiger partial charge in [-0.15, -0.1) is 0 Å². The summed E-state index contributed by atoms with van der Waals surface area (Å²) in [5.41, 5.74) is 9.69. The third-order valence-corrected chi connectivity index (χ3v) is 5.09. The Morgan fingerprint density at radius 2 is 1.85 bits per heavy atom. The molecular formula is C19H17N5O2. The van der Waals surface area contributed by atoms with E-state index in [4.69, 9.17) is 5.73 Å². The number of carbonyl (C=O) groups is 1. The molecule has 0 aliphatic carbocycles. The predicted octanol–water partition coefficient (Wildman–Crippen LogP) is 2.08. The lowest BCUT2D eigenvalue weighted by Crippen LogP contribution is -2.33. The molecule has 1 saturated heterocycles. The van der Waals surface area contributed by atoms with E-state index in [9.17, 15) is 9.59 Å². The quantitative estimate of drug-likeness (QED) is 0.514. The maximum Gasteiger partial charge on any atom is 0.262 e. The topological polar surface area (TPSA) is 96.5 Å². The fourth-order valence-corrected chi connectivity index (χ4v) is 3.76. The molecule has 1 aliphatic heterocycles. The molecule has 0 bridgehead atoms. The number of imidazole rings is 1. The number of ketones is 1. The minimum Gasteiger partial charge on any atom is -0.398 e. The zero-order valence-electron chi connectivity index (χ0n) is 14.0. The van der Waals surface area contributed by atoms with Gasteiger partial charge in [-0.3, -0.25) is 19.0 Å². The number of rotatable bonds is 1. The summed E-state index contributed by atoms with van der Waals surface area (Å²) in [6.45, 7) is 1.46. The van der Waals surface area contributed by atoms with Crippen LogP contribution in [0.5, 0.6) is 0 Å². The Bertz CT molecular complexity index is 1240. The number of hydrogen-bond donors (Lipinski definition) is 2. The molecule has 4 aromatic rings. The number of H-pyrrole nitrogens is 1. The third kappa shape index (κ3) is 2.10. The van der Waals surface area contributed by atoms with E-state index in [1.54, 1.807) is 6.07 Å². The van der Waals surface area contributed by atoms with Crippen molar-refractivity contribution in [1.29, 1.82) is 0 Å². The van der Waals surface area contributed by atoms with Crippen molar-refractivity contribution in [1.82, 2.24) is 14.4 Å². The summed E-state index contributed by atoms with van der Waals surface area (Å²) < 4.78 is 1.92. The highest BCUT2D eigenvalue weighted by molar-refractivity contribution is 5.95. The molecule has 5 rings (SSSR count). The normalized spacial score (nSPS) is 15.4. The van der Waals surface area contributed by atoms with Gasteiger partial charge in [0.1, 0.15) is 5.78 Å². The standard InChI is InChI=1S/C19H17N5O2/c20-13-2-1-3-16-17(13)18(26)22-19-21-14-10-11(4-5-15(14)24(16)19)23-8-6-12(25)7-9-23/h1-5,10H,6-9,20H2,(H,21,22,26). The number of nitrogens with two attached hydrogens (primary N) is 1. The summed E-state index contributed by atoms with van der Waals surface area (Å²) in [5, 5.41) is 0.470. The summed E-state index contributed by atoms with van der Waals surface area (Å²) >= 11 is 0. The van der Waals surface area contributed by atoms with Gasteiger partial charge in [-0.05, 0) is 30.3 Å². The summed E-state index contributed by atoms with van der Waals surface area (Å²) in [4.78, 5) is 33.5. The highest BCUT2D eigenvalue weighted by atomic mass is 16.1. The van der Waals surface area contributed by atoms with Gasteiger partial charge < -0.3 is 10.6 Å². The van der Waals surface area contributed by atoms with Gasteiger partial charge in [0.05, 0.1) is 21.9 Å². The second kappa shape index (κ2) is 5.32. The monoisotopic (exact) mass is 347 g/mol. The van der Waals surface area contributed by atoms with Crippen LogP contribution in [0.1, 0.15) is 12.8 Å². The number of aromatic nitrogens is 3. The number of Topliss-reactive ketones (excluding diaryl/α,β-unsaturated/α-hetero) is 1. The van der Waals surface area contributed by atoms with Gasteiger partial charge >= 0.3 is 0 Å². The average molecular weight is 347 g/mol. The van der Waals surface area contributed by atoms with Gasteiger partial charge in [-0.2, -0.15) is 0 Å². The van der Waals surface area contributed by atoms with Crippen LogP contribution in [-0.4, -0.2) is 33.2 Å². The number of nitrogens with zero attached hydrogens (tertiary/aromatic N) is 3. The number of nitrogen functional groups attached to an aromatic ring is 1. The number of hydrogen-bond acceptors (Lipinski definition) is 5. The zero-order valence-corrected chi connectivity index (χ0v) is 14.0. The number of benzene rings is 2.